The highest BCUT2D eigenvalue weighted by Crippen LogP contribution is 2.19. The molecule has 1 aliphatic heterocycles. The summed E-state index contributed by atoms with van der Waals surface area (Å²) < 4.78 is 26.8. The zero-order valence-electron chi connectivity index (χ0n) is 14.3. The summed E-state index contributed by atoms with van der Waals surface area (Å²) in [6, 6.07) is 0. The van der Waals surface area contributed by atoms with Crippen molar-refractivity contribution < 1.29 is 13.2 Å². The molecule has 0 aliphatic carbocycles. The summed E-state index contributed by atoms with van der Waals surface area (Å²) in [5.74, 6) is 0.270. The van der Waals surface area contributed by atoms with E-state index in [1.165, 1.54) is 0 Å². The molecule has 1 aliphatic rings. The monoisotopic (exact) mass is 342 g/mol. The van der Waals surface area contributed by atoms with Gasteiger partial charge in [-0.2, -0.15) is 5.10 Å². The second-order valence-corrected chi connectivity index (χ2v) is 8.25. The van der Waals surface area contributed by atoms with Crippen molar-refractivity contribution in [3.63, 3.8) is 0 Å². The molecule has 2 heterocycles. The fourth-order valence-corrected chi connectivity index (χ4v) is 3.60. The SMILES string of the molecule is Cc1nn(C)c(C)c1CC(=O)N1CCC[C@@H](CNS(C)(=O)=O)C1. The van der Waals surface area contributed by atoms with Gasteiger partial charge in [0, 0.05) is 37.9 Å². The van der Waals surface area contributed by atoms with E-state index >= 15 is 0 Å². The number of amides is 1. The van der Waals surface area contributed by atoms with Crippen LogP contribution in [0.25, 0.3) is 0 Å². The van der Waals surface area contributed by atoms with Gasteiger partial charge in [0.1, 0.15) is 0 Å². The van der Waals surface area contributed by atoms with Gasteiger partial charge < -0.3 is 4.90 Å². The molecule has 0 radical (unpaired) electrons. The van der Waals surface area contributed by atoms with E-state index in [0.717, 1.165) is 42.6 Å². The van der Waals surface area contributed by atoms with E-state index in [1.54, 1.807) is 4.68 Å². The largest absolute Gasteiger partial charge is 0.342 e. The van der Waals surface area contributed by atoms with E-state index in [9.17, 15) is 13.2 Å². The number of aryl methyl sites for hydroxylation is 2. The number of nitrogens with zero attached hydrogens (tertiary/aromatic N) is 3. The quantitative estimate of drug-likeness (QED) is 0.838. The summed E-state index contributed by atoms with van der Waals surface area (Å²) in [6.45, 7) is 5.64. The third-order valence-electron chi connectivity index (χ3n) is 4.49. The lowest BCUT2D eigenvalue weighted by molar-refractivity contribution is -0.132. The van der Waals surface area contributed by atoms with Gasteiger partial charge in [-0.05, 0) is 32.6 Å². The lowest BCUT2D eigenvalue weighted by Crippen LogP contribution is -2.44. The molecule has 130 valence electrons. The van der Waals surface area contributed by atoms with Crippen molar-refractivity contribution in [2.24, 2.45) is 13.0 Å². The van der Waals surface area contributed by atoms with Crippen LogP contribution < -0.4 is 4.72 Å². The smallest absolute Gasteiger partial charge is 0.227 e. The fraction of sp³-hybridized carbons (Fsp3) is 0.733. The minimum absolute atomic E-state index is 0.0910. The van der Waals surface area contributed by atoms with Crippen LogP contribution >= 0.6 is 0 Å². The number of aromatic nitrogens is 2. The van der Waals surface area contributed by atoms with Crippen LogP contribution in [0.3, 0.4) is 0 Å². The van der Waals surface area contributed by atoms with Crippen LogP contribution in [0.15, 0.2) is 0 Å². The van der Waals surface area contributed by atoms with Crippen molar-refractivity contribution in [1.82, 2.24) is 19.4 Å². The molecule has 0 unspecified atom stereocenters. The Bertz CT molecular complexity index is 681. The number of carbonyl (C=O) groups excluding carboxylic acids is 1. The molecule has 23 heavy (non-hydrogen) atoms. The molecule has 1 fully saturated rings. The predicted molar refractivity (Wildman–Crippen MR) is 88.5 cm³/mol. The van der Waals surface area contributed by atoms with Crippen molar-refractivity contribution >= 4 is 15.9 Å². The Hall–Kier alpha value is -1.41. The Balaban J connectivity index is 1.96. The van der Waals surface area contributed by atoms with Gasteiger partial charge in [-0.25, -0.2) is 13.1 Å². The molecule has 0 bridgehead atoms. The molecule has 0 saturated carbocycles. The summed E-state index contributed by atoms with van der Waals surface area (Å²) in [4.78, 5) is 14.4. The standard InChI is InChI=1S/C15H26N4O3S/c1-11-14(12(2)18(3)17-11)8-15(20)19-7-5-6-13(10-19)9-16-23(4,21)22/h13,16H,5-10H2,1-4H3/t13-/m0/s1. The molecular weight excluding hydrogens is 316 g/mol. The van der Waals surface area contributed by atoms with Crippen molar-refractivity contribution in [3.8, 4) is 0 Å². The van der Waals surface area contributed by atoms with E-state index in [4.69, 9.17) is 0 Å². The first-order chi connectivity index (χ1) is 10.7. The second-order valence-electron chi connectivity index (χ2n) is 6.42. The zero-order valence-corrected chi connectivity index (χ0v) is 15.1. The third-order valence-corrected chi connectivity index (χ3v) is 5.18. The van der Waals surface area contributed by atoms with Gasteiger partial charge >= 0.3 is 0 Å². The number of carbonyl (C=O) groups is 1. The summed E-state index contributed by atoms with van der Waals surface area (Å²) in [5, 5.41) is 4.35. The molecule has 2 rings (SSSR count). The van der Waals surface area contributed by atoms with E-state index in [-0.39, 0.29) is 11.8 Å². The molecule has 0 aromatic carbocycles. The van der Waals surface area contributed by atoms with Crippen LogP contribution in [-0.4, -0.2) is 54.9 Å². The fourth-order valence-electron chi connectivity index (χ4n) is 3.06. The minimum Gasteiger partial charge on any atom is -0.342 e. The van der Waals surface area contributed by atoms with Crippen LogP contribution in [0.5, 0.6) is 0 Å². The summed E-state index contributed by atoms with van der Waals surface area (Å²) in [5.41, 5.74) is 2.91. The van der Waals surface area contributed by atoms with Crippen molar-refractivity contribution in [1.29, 1.82) is 0 Å². The molecule has 8 heteroatoms. The van der Waals surface area contributed by atoms with Crippen LogP contribution in [-0.2, 0) is 28.3 Å². The highest BCUT2D eigenvalue weighted by molar-refractivity contribution is 7.88. The third kappa shape index (κ3) is 4.78. The molecule has 1 saturated heterocycles. The van der Waals surface area contributed by atoms with Gasteiger partial charge in [0.15, 0.2) is 0 Å². The predicted octanol–water partition coefficient (Wildman–Crippen LogP) is 0.367. The van der Waals surface area contributed by atoms with Gasteiger partial charge in [0.25, 0.3) is 0 Å². The summed E-state index contributed by atoms with van der Waals surface area (Å²) in [6.07, 6.45) is 3.37. The summed E-state index contributed by atoms with van der Waals surface area (Å²) >= 11 is 0. The molecule has 1 atom stereocenters. The normalized spacial score (nSPS) is 19.1. The number of rotatable bonds is 5. The highest BCUT2D eigenvalue weighted by Gasteiger charge is 2.25. The van der Waals surface area contributed by atoms with Gasteiger partial charge in [0.05, 0.1) is 18.4 Å². The summed E-state index contributed by atoms with van der Waals surface area (Å²) in [7, 11) is -1.30. The van der Waals surface area contributed by atoms with E-state index in [1.807, 2.05) is 25.8 Å². The topological polar surface area (TPSA) is 84.3 Å². The van der Waals surface area contributed by atoms with Crippen LogP contribution in [0, 0.1) is 19.8 Å². The van der Waals surface area contributed by atoms with Gasteiger partial charge in [-0.15, -0.1) is 0 Å². The second kappa shape index (κ2) is 7.00. The first-order valence-electron chi connectivity index (χ1n) is 7.89. The lowest BCUT2D eigenvalue weighted by Gasteiger charge is -2.33. The van der Waals surface area contributed by atoms with Gasteiger partial charge in [0.2, 0.25) is 15.9 Å². The number of piperidine rings is 1. The molecule has 1 N–H and O–H groups in total. The molecular formula is C15H26N4O3S. The average molecular weight is 342 g/mol. The Morgan fingerprint density at radius 3 is 2.65 bits per heavy atom. The van der Waals surface area contributed by atoms with Crippen LogP contribution in [0.4, 0.5) is 0 Å². The van der Waals surface area contributed by atoms with Gasteiger partial charge in [-0.1, -0.05) is 0 Å². The Morgan fingerprint density at radius 2 is 2.09 bits per heavy atom. The molecule has 1 amide bonds. The van der Waals surface area contributed by atoms with Crippen LogP contribution in [0.1, 0.15) is 29.8 Å². The van der Waals surface area contributed by atoms with Gasteiger partial charge in [-0.3, -0.25) is 9.48 Å². The average Bonchev–Trinajstić information content (AvgIpc) is 2.71. The van der Waals surface area contributed by atoms with Crippen molar-refractivity contribution in [2.45, 2.75) is 33.1 Å². The number of hydrogen-bond acceptors (Lipinski definition) is 4. The maximum Gasteiger partial charge on any atom is 0.227 e. The van der Waals surface area contributed by atoms with E-state index < -0.39 is 10.0 Å². The first-order valence-corrected chi connectivity index (χ1v) is 9.78. The number of hydrogen-bond donors (Lipinski definition) is 1. The van der Waals surface area contributed by atoms with E-state index in [2.05, 4.69) is 9.82 Å². The zero-order chi connectivity index (χ0) is 17.2. The Morgan fingerprint density at radius 1 is 1.39 bits per heavy atom. The molecule has 0 spiro atoms. The van der Waals surface area contributed by atoms with Crippen molar-refractivity contribution in [2.75, 3.05) is 25.9 Å². The number of nitrogens with one attached hydrogen (secondary N) is 1. The first kappa shape index (κ1) is 17.9. The number of likely N-dealkylation sites (tertiary alicyclic amines) is 1. The molecule has 1 aromatic rings. The van der Waals surface area contributed by atoms with Crippen molar-refractivity contribution in [3.05, 3.63) is 17.0 Å². The molecule has 7 nitrogen and oxygen atoms in total. The molecule has 1 aromatic heterocycles. The van der Waals surface area contributed by atoms with E-state index in [0.29, 0.717) is 19.5 Å². The maximum atomic E-state index is 12.6. The maximum absolute atomic E-state index is 12.6. The van der Waals surface area contributed by atoms with Crippen LogP contribution in [0.2, 0.25) is 0 Å². The Labute approximate surface area is 138 Å². The lowest BCUT2D eigenvalue weighted by atomic mass is 9.97. The Kier molecular flexibility index (Phi) is 5.46. The number of sulfonamides is 1. The minimum atomic E-state index is -3.18. The highest BCUT2D eigenvalue weighted by atomic mass is 32.2.